The predicted molar refractivity (Wildman–Crippen MR) is 99.9 cm³/mol. The lowest BCUT2D eigenvalue weighted by Crippen LogP contribution is -2.25. The summed E-state index contributed by atoms with van der Waals surface area (Å²) in [6.45, 7) is 2.09. The van der Waals surface area contributed by atoms with Crippen LogP contribution < -0.4 is 14.9 Å². The molecule has 1 aromatic carbocycles. The molecule has 0 spiro atoms. The van der Waals surface area contributed by atoms with Crippen LogP contribution in [0.3, 0.4) is 0 Å². The molecule has 1 aromatic heterocycles. The summed E-state index contributed by atoms with van der Waals surface area (Å²) in [4.78, 5) is 17.6. The Morgan fingerprint density at radius 3 is 2.69 bits per heavy atom. The Balaban J connectivity index is 1.52. The lowest BCUT2D eigenvalue weighted by atomic mass is 10.2. The van der Waals surface area contributed by atoms with Crippen LogP contribution in [0.1, 0.15) is 25.3 Å². The van der Waals surface area contributed by atoms with E-state index in [4.69, 9.17) is 0 Å². The second kappa shape index (κ2) is 6.28. The zero-order chi connectivity index (χ0) is 18.3. The second-order valence-electron chi connectivity index (χ2n) is 6.67. The number of benzene rings is 1. The number of rotatable bonds is 5. The van der Waals surface area contributed by atoms with Gasteiger partial charge in [0.25, 0.3) is 10.0 Å². The number of nitrogens with zero attached hydrogens (tertiary/aromatic N) is 2. The minimum atomic E-state index is -3.73. The van der Waals surface area contributed by atoms with Gasteiger partial charge in [0, 0.05) is 25.2 Å². The summed E-state index contributed by atoms with van der Waals surface area (Å²) in [5, 5.41) is 3.31. The first-order chi connectivity index (χ1) is 12.4. The Morgan fingerprint density at radius 2 is 2.04 bits per heavy atom. The van der Waals surface area contributed by atoms with Crippen molar-refractivity contribution in [2.45, 2.75) is 37.1 Å². The molecule has 2 aromatic rings. The van der Waals surface area contributed by atoms with E-state index >= 15 is 0 Å². The molecule has 26 heavy (non-hydrogen) atoms. The van der Waals surface area contributed by atoms with Crippen molar-refractivity contribution >= 4 is 33.1 Å². The van der Waals surface area contributed by atoms with Crippen molar-refractivity contribution < 1.29 is 13.2 Å². The Hall–Kier alpha value is -2.61. The molecule has 0 atom stereocenters. The monoisotopic (exact) mass is 372 g/mol. The highest BCUT2D eigenvalue weighted by molar-refractivity contribution is 7.92. The van der Waals surface area contributed by atoms with E-state index in [9.17, 15) is 13.2 Å². The molecule has 1 saturated carbocycles. The molecule has 7 nitrogen and oxygen atoms in total. The van der Waals surface area contributed by atoms with Crippen LogP contribution in [0.2, 0.25) is 0 Å². The molecule has 0 unspecified atom stereocenters. The summed E-state index contributed by atoms with van der Waals surface area (Å²) in [7, 11) is -3.73. The topological polar surface area (TPSA) is 91.4 Å². The van der Waals surface area contributed by atoms with Crippen molar-refractivity contribution in [2.24, 2.45) is 0 Å². The smallest absolute Gasteiger partial charge is 0.263 e. The third-order valence-corrected chi connectivity index (χ3v) is 5.94. The van der Waals surface area contributed by atoms with Crippen molar-refractivity contribution in [1.29, 1.82) is 0 Å². The second-order valence-corrected chi connectivity index (χ2v) is 8.35. The van der Waals surface area contributed by atoms with Crippen molar-refractivity contribution in [3.8, 4) is 0 Å². The van der Waals surface area contributed by atoms with E-state index in [2.05, 4.69) is 15.0 Å². The molecule has 1 fully saturated rings. The normalized spacial score (nSPS) is 16.3. The van der Waals surface area contributed by atoms with Crippen LogP contribution in [0.25, 0.3) is 0 Å². The average Bonchev–Trinajstić information content (AvgIpc) is 3.31. The molecule has 2 heterocycles. The number of pyridine rings is 1. The fourth-order valence-corrected chi connectivity index (χ4v) is 4.13. The van der Waals surface area contributed by atoms with E-state index in [1.165, 1.54) is 13.0 Å². The molecular weight excluding hydrogens is 352 g/mol. The third-order valence-electron chi connectivity index (χ3n) is 4.59. The summed E-state index contributed by atoms with van der Waals surface area (Å²) in [5.41, 5.74) is 2.53. The molecule has 8 heteroatoms. The van der Waals surface area contributed by atoms with E-state index in [0.717, 1.165) is 29.8 Å². The number of carbonyl (C=O) groups is 1. The Labute approximate surface area is 152 Å². The number of hydrogen-bond donors (Lipinski definition) is 2. The van der Waals surface area contributed by atoms with Gasteiger partial charge in [0.05, 0.1) is 16.8 Å². The molecule has 0 saturated heterocycles. The number of fused-ring (bicyclic) bond motifs is 1. The Kier molecular flexibility index (Phi) is 4.07. The van der Waals surface area contributed by atoms with E-state index < -0.39 is 10.0 Å². The van der Waals surface area contributed by atoms with Gasteiger partial charge in [-0.05, 0) is 55.2 Å². The van der Waals surface area contributed by atoms with Gasteiger partial charge < -0.3 is 10.2 Å². The Morgan fingerprint density at radius 1 is 1.23 bits per heavy atom. The van der Waals surface area contributed by atoms with Crippen molar-refractivity contribution in [1.82, 2.24) is 4.98 Å². The maximum atomic E-state index is 12.6. The zero-order valence-corrected chi connectivity index (χ0v) is 15.2. The number of amides is 1. The van der Waals surface area contributed by atoms with E-state index in [1.54, 1.807) is 29.3 Å². The maximum absolute atomic E-state index is 12.6. The summed E-state index contributed by atoms with van der Waals surface area (Å²) in [6.07, 6.45) is 4.60. The van der Waals surface area contributed by atoms with Crippen LogP contribution >= 0.6 is 0 Å². The molecule has 0 radical (unpaired) electrons. The minimum Gasteiger partial charge on any atom is -0.381 e. The summed E-state index contributed by atoms with van der Waals surface area (Å²) < 4.78 is 27.8. The highest BCUT2D eigenvalue weighted by atomic mass is 32.2. The van der Waals surface area contributed by atoms with Crippen LogP contribution in [0, 0.1) is 0 Å². The predicted octanol–water partition coefficient (Wildman–Crippen LogP) is 2.37. The van der Waals surface area contributed by atoms with E-state index in [0.29, 0.717) is 19.0 Å². The van der Waals surface area contributed by atoms with Gasteiger partial charge in [-0.3, -0.25) is 9.52 Å². The van der Waals surface area contributed by atoms with Crippen LogP contribution in [0.15, 0.2) is 41.4 Å². The van der Waals surface area contributed by atoms with Crippen molar-refractivity contribution in [3.05, 3.63) is 42.1 Å². The summed E-state index contributed by atoms with van der Waals surface area (Å²) in [5.74, 6) is 0.235. The molecule has 136 valence electrons. The van der Waals surface area contributed by atoms with Gasteiger partial charge >= 0.3 is 0 Å². The molecule has 0 bridgehead atoms. The minimum absolute atomic E-state index is 0.0402. The summed E-state index contributed by atoms with van der Waals surface area (Å²) in [6, 6.07) is 8.81. The number of aromatic nitrogens is 1. The first-order valence-corrected chi connectivity index (χ1v) is 10.1. The quantitative estimate of drug-likeness (QED) is 0.841. The molecule has 4 rings (SSSR count). The first-order valence-electron chi connectivity index (χ1n) is 8.59. The number of anilines is 3. The van der Waals surface area contributed by atoms with Crippen molar-refractivity contribution in [3.63, 3.8) is 0 Å². The number of hydrogen-bond acceptors (Lipinski definition) is 5. The molecule has 2 aliphatic rings. The van der Waals surface area contributed by atoms with E-state index in [1.807, 2.05) is 6.07 Å². The van der Waals surface area contributed by atoms with Gasteiger partial charge in [0.2, 0.25) is 5.91 Å². The van der Waals surface area contributed by atoms with Gasteiger partial charge in [-0.1, -0.05) is 0 Å². The zero-order valence-electron chi connectivity index (χ0n) is 14.4. The van der Waals surface area contributed by atoms with Crippen LogP contribution in [-0.4, -0.2) is 31.9 Å². The SMILES string of the molecule is CC(=O)N1CCc2cc(S(=O)(=O)Nc3ccc(NC4CC4)cn3)ccc21. The molecular formula is C18H20N4O3S. The van der Waals surface area contributed by atoms with Crippen LogP contribution in [-0.2, 0) is 21.2 Å². The largest absolute Gasteiger partial charge is 0.381 e. The van der Waals surface area contributed by atoms with Crippen LogP contribution in [0.5, 0.6) is 0 Å². The first kappa shape index (κ1) is 16.8. The number of nitrogens with one attached hydrogen (secondary N) is 2. The highest BCUT2D eigenvalue weighted by Crippen LogP contribution is 2.31. The Bertz CT molecular complexity index is 953. The molecule has 2 N–H and O–H groups in total. The fraction of sp³-hybridized carbons (Fsp3) is 0.333. The van der Waals surface area contributed by atoms with Gasteiger partial charge in [-0.25, -0.2) is 13.4 Å². The molecule has 1 aliphatic heterocycles. The summed E-state index contributed by atoms with van der Waals surface area (Å²) >= 11 is 0. The van der Waals surface area contributed by atoms with E-state index in [-0.39, 0.29) is 16.6 Å². The van der Waals surface area contributed by atoms with Crippen LogP contribution in [0.4, 0.5) is 17.2 Å². The maximum Gasteiger partial charge on any atom is 0.263 e. The van der Waals surface area contributed by atoms with Gasteiger partial charge in [0.15, 0.2) is 0 Å². The molecule has 1 aliphatic carbocycles. The van der Waals surface area contributed by atoms with Gasteiger partial charge in [0.1, 0.15) is 5.82 Å². The standard InChI is InChI=1S/C18H20N4O3S/c1-12(23)22-9-8-13-10-16(5-6-17(13)22)26(24,25)21-18-7-4-15(11-19-18)20-14-2-3-14/h4-7,10-11,14,20H,2-3,8-9H2,1H3,(H,19,21). The van der Waals surface area contributed by atoms with Crippen molar-refractivity contribution in [2.75, 3.05) is 21.5 Å². The highest BCUT2D eigenvalue weighted by Gasteiger charge is 2.25. The number of carbonyl (C=O) groups excluding carboxylic acids is 1. The third kappa shape index (κ3) is 3.37. The lowest BCUT2D eigenvalue weighted by Gasteiger charge is -2.15. The number of sulfonamides is 1. The van der Waals surface area contributed by atoms with Gasteiger partial charge in [-0.2, -0.15) is 0 Å². The lowest BCUT2D eigenvalue weighted by molar-refractivity contribution is -0.116. The average molecular weight is 372 g/mol. The fourth-order valence-electron chi connectivity index (χ4n) is 3.07. The van der Waals surface area contributed by atoms with Gasteiger partial charge in [-0.15, -0.1) is 0 Å². The molecule has 1 amide bonds.